The minimum absolute atomic E-state index is 0.204. The summed E-state index contributed by atoms with van der Waals surface area (Å²) in [6.45, 7) is 0.870. The molecule has 0 fully saturated rings. The van der Waals surface area contributed by atoms with E-state index in [4.69, 9.17) is 4.98 Å². The molecule has 0 unspecified atom stereocenters. The van der Waals surface area contributed by atoms with E-state index in [1.807, 2.05) is 13.2 Å². The number of carbonyl (C=O) groups excluding carboxylic acids is 1. The van der Waals surface area contributed by atoms with Crippen molar-refractivity contribution < 1.29 is 4.79 Å². The molecule has 4 rings (SSSR count). The average molecular weight is 328 g/mol. The van der Waals surface area contributed by atoms with Crippen molar-refractivity contribution in [3.63, 3.8) is 0 Å². The number of aromatic nitrogens is 5. The lowest BCUT2D eigenvalue weighted by atomic mass is 10.2. The lowest BCUT2D eigenvalue weighted by Gasteiger charge is -2.16. The highest BCUT2D eigenvalue weighted by atomic mass is 32.1. The summed E-state index contributed by atoms with van der Waals surface area (Å²) in [5.41, 5.74) is 3.77. The van der Waals surface area contributed by atoms with Crippen molar-refractivity contribution in [2.45, 2.75) is 25.8 Å². The Morgan fingerprint density at radius 1 is 1.39 bits per heavy atom. The average Bonchev–Trinajstić information content (AvgIpc) is 3.27. The number of aryl methyl sites for hydroxylation is 2. The molecule has 0 radical (unpaired) electrons. The van der Waals surface area contributed by atoms with Gasteiger partial charge in [0.05, 0.1) is 11.7 Å². The largest absolute Gasteiger partial charge is 0.314 e. The fourth-order valence-corrected chi connectivity index (χ4v) is 3.38. The Labute approximate surface area is 137 Å². The van der Waals surface area contributed by atoms with Crippen molar-refractivity contribution in [2.24, 2.45) is 7.05 Å². The van der Waals surface area contributed by atoms with Crippen molar-refractivity contribution in [1.29, 1.82) is 0 Å². The van der Waals surface area contributed by atoms with Crippen LogP contribution in [0.1, 0.15) is 29.2 Å². The van der Waals surface area contributed by atoms with Crippen LogP contribution in [-0.4, -0.2) is 30.2 Å². The molecule has 3 aromatic heterocycles. The zero-order valence-electron chi connectivity index (χ0n) is 12.7. The number of thiazole rings is 1. The zero-order chi connectivity index (χ0) is 15.8. The molecule has 1 aliphatic rings. The Hall–Kier alpha value is -2.48. The summed E-state index contributed by atoms with van der Waals surface area (Å²) in [5, 5.41) is 8.95. The molecule has 0 spiro atoms. The van der Waals surface area contributed by atoms with Crippen LogP contribution in [0, 0.1) is 0 Å². The molecule has 0 aliphatic carbocycles. The number of fused-ring (bicyclic) bond motifs is 1. The molecule has 0 saturated carbocycles. The summed E-state index contributed by atoms with van der Waals surface area (Å²) >= 11 is 1.41. The van der Waals surface area contributed by atoms with Crippen LogP contribution in [0.25, 0.3) is 11.3 Å². The summed E-state index contributed by atoms with van der Waals surface area (Å²) in [6.07, 6.45) is 6.83. The molecule has 0 atom stereocenters. The Morgan fingerprint density at radius 2 is 2.30 bits per heavy atom. The Morgan fingerprint density at radius 3 is 3.04 bits per heavy atom. The molecular weight excluding hydrogens is 312 g/mol. The molecular formula is C15H16N6OS. The molecule has 0 saturated heterocycles. The standard InChI is InChI=1S/C15H16N6OS/c1-20-7-10(6-17-20)13-14(19-15(22)11-8-23-9-16-11)21-5-3-2-4-12(21)18-13/h6-9H,2-5H2,1H3,(H,19,22). The lowest BCUT2D eigenvalue weighted by Crippen LogP contribution is -2.18. The maximum atomic E-state index is 12.4. The van der Waals surface area contributed by atoms with Gasteiger partial charge in [0.15, 0.2) is 0 Å². The first kappa shape index (κ1) is 14.1. The minimum Gasteiger partial charge on any atom is -0.314 e. The van der Waals surface area contributed by atoms with Gasteiger partial charge in [0.1, 0.15) is 23.0 Å². The highest BCUT2D eigenvalue weighted by molar-refractivity contribution is 7.07. The fourth-order valence-electron chi connectivity index (χ4n) is 2.85. The number of anilines is 1. The maximum absolute atomic E-state index is 12.4. The third-order valence-electron chi connectivity index (χ3n) is 3.95. The molecule has 3 aromatic rings. The third-order valence-corrected chi connectivity index (χ3v) is 4.54. The monoisotopic (exact) mass is 328 g/mol. The van der Waals surface area contributed by atoms with Crippen LogP contribution >= 0.6 is 11.3 Å². The first-order valence-corrected chi connectivity index (χ1v) is 8.44. The van der Waals surface area contributed by atoms with Gasteiger partial charge in [-0.2, -0.15) is 5.10 Å². The van der Waals surface area contributed by atoms with Crippen LogP contribution in [-0.2, 0) is 20.0 Å². The predicted octanol–water partition coefficient (Wildman–Crippen LogP) is 2.33. The Kier molecular flexibility index (Phi) is 3.45. The summed E-state index contributed by atoms with van der Waals surface area (Å²) in [6, 6.07) is 0. The molecule has 7 nitrogen and oxygen atoms in total. The molecule has 4 heterocycles. The second kappa shape index (κ2) is 5.62. The van der Waals surface area contributed by atoms with E-state index in [0.717, 1.165) is 48.7 Å². The van der Waals surface area contributed by atoms with Crippen molar-refractivity contribution in [1.82, 2.24) is 24.3 Å². The van der Waals surface area contributed by atoms with Crippen LogP contribution in [0.2, 0.25) is 0 Å². The van der Waals surface area contributed by atoms with Gasteiger partial charge in [0.2, 0.25) is 0 Å². The maximum Gasteiger partial charge on any atom is 0.276 e. The number of carbonyl (C=O) groups is 1. The van der Waals surface area contributed by atoms with Crippen LogP contribution in [0.15, 0.2) is 23.3 Å². The predicted molar refractivity (Wildman–Crippen MR) is 87.4 cm³/mol. The highest BCUT2D eigenvalue weighted by Crippen LogP contribution is 2.31. The van der Waals surface area contributed by atoms with Gasteiger partial charge >= 0.3 is 0 Å². The molecule has 118 valence electrons. The summed E-state index contributed by atoms with van der Waals surface area (Å²) in [7, 11) is 1.87. The van der Waals surface area contributed by atoms with E-state index < -0.39 is 0 Å². The van der Waals surface area contributed by atoms with Gasteiger partial charge in [-0.3, -0.25) is 9.48 Å². The fraction of sp³-hybridized carbons (Fsp3) is 0.333. The molecule has 0 aromatic carbocycles. The number of nitrogens with zero attached hydrogens (tertiary/aromatic N) is 5. The normalized spacial score (nSPS) is 13.8. The second-order valence-electron chi connectivity index (χ2n) is 5.56. The van der Waals surface area contributed by atoms with E-state index in [2.05, 4.69) is 20.0 Å². The van der Waals surface area contributed by atoms with Gasteiger partial charge in [0.25, 0.3) is 5.91 Å². The van der Waals surface area contributed by atoms with Gasteiger partial charge in [-0.15, -0.1) is 11.3 Å². The molecule has 1 amide bonds. The first-order valence-electron chi connectivity index (χ1n) is 7.50. The SMILES string of the molecule is Cn1cc(-c2nc3n(c2NC(=O)c2cscn2)CCCC3)cn1. The van der Waals surface area contributed by atoms with Crippen molar-refractivity contribution in [3.05, 3.63) is 34.8 Å². The van der Waals surface area contributed by atoms with Gasteiger partial charge in [0, 0.05) is 37.2 Å². The first-order chi connectivity index (χ1) is 11.2. The number of hydrogen-bond acceptors (Lipinski definition) is 5. The van der Waals surface area contributed by atoms with Crippen LogP contribution < -0.4 is 5.32 Å². The van der Waals surface area contributed by atoms with E-state index in [9.17, 15) is 4.79 Å². The quantitative estimate of drug-likeness (QED) is 0.800. The van der Waals surface area contributed by atoms with Crippen LogP contribution in [0.4, 0.5) is 5.82 Å². The van der Waals surface area contributed by atoms with Crippen molar-refractivity contribution in [3.8, 4) is 11.3 Å². The highest BCUT2D eigenvalue weighted by Gasteiger charge is 2.23. The van der Waals surface area contributed by atoms with Crippen molar-refractivity contribution in [2.75, 3.05) is 5.32 Å². The number of hydrogen-bond donors (Lipinski definition) is 1. The molecule has 23 heavy (non-hydrogen) atoms. The van der Waals surface area contributed by atoms with Crippen LogP contribution in [0.3, 0.4) is 0 Å². The van der Waals surface area contributed by atoms with Gasteiger partial charge in [-0.25, -0.2) is 9.97 Å². The molecule has 0 bridgehead atoms. The minimum atomic E-state index is -0.204. The van der Waals surface area contributed by atoms with E-state index in [-0.39, 0.29) is 5.91 Å². The lowest BCUT2D eigenvalue weighted by molar-refractivity contribution is 0.102. The zero-order valence-corrected chi connectivity index (χ0v) is 13.5. The smallest absolute Gasteiger partial charge is 0.276 e. The Balaban J connectivity index is 1.77. The Bertz CT molecular complexity index is 848. The second-order valence-corrected chi connectivity index (χ2v) is 6.28. The topological polar surface area (TPSA) is 77.6 Å². The van der Waals surface area contributed by atoms with Crippen molar-refractivity contribution >= 4 is 23.1 Å². The van der Waals surface area contributed by atoms with E-state index in [0.29, 0.717) is 5.69 Å². The van der Waals surface area contributed by atoms with Gasteiger partial charge in [-0.1, -0.05) is 0 Å². The number of imidazole rings is 1. The number of amides is 1. The van der Waals surface area contributed by atoms with Gasteiger partial charge in [-0.05, 0) is 12.8 Å². The van der Waals surface area contributed by atoms with E-state index >= 15 is 0 Å². The van der Waals surface area contributed by atoms with E-state index in [1.165, 1.54) is 11.3 Å². The molecule has 8 heteroatoms. The number of rotatable bonds is 3. The number of nitrogens with one attached hydrogen (secondary N) is 1. The van der Waals surface area contributed by atoms with Gasteiger partial charge < -0.3 is 9.88 Å². The van der Waals surface area contributed by atoms with E-state index in [1.54, 1.807) is 21.8 Å². The molecule has 1 N–H and O–H groups in total. The summed E-state index contributed by atoms with van der Waals surface area (Å²) in [5.74, 6) is 1.55. The third kappa shape index (κ3) is 2.55. The molecule has 1 aliphatic heterocycles. The van der Waals surface area contributed by atoms with Crippen LogP contribution in [0.5, 0.6) is 0 Å². The summed E-state index contributed by atoms with van der Waals surface area (Å²) in [4.78, 5) is 21.2. The summed E-state index contributed by atoms with van der Waals surface area (Å²) < 4.78 is 3.84.